The maximum atomic E-state index is 8.92. The summed E-state index contributed by atoms with van der Waals surface area (Å²) in [6.07, 6.45) is -0.0290. The van der Waals surface area contributed by atoms with Gasteiger partial charge in [-0.2, -0.15) is 0 Å². The van der Waals surface area contributed by atoms with Crippen LogP contribution in [0.15, 0.2) is 24.3 Å². The van der Waals surface area contributed by atoms with E-state index in [9.17, 15) is 0 Å². The smallest absolute Gasteiger partial charge is 0.423 e. The summed E-state index contributed by atoms with van der Waals surface area (Å²) in [7, 11) is 0.205. The first-order valence-electron chi connectivity index (χ1n) is 4.14. The van der Waals surface area contributed by atoms with Gasteiger partial charge in [-0.25, -0.2) is 0 Å². The Bertz CT molecular complexity index is 275. The standard InChI is InChI=1S/C9H13BO3/c1-7(13-2)8-4-3-5-9(6-8)10(11)12/h3-7,11-12H,1-2H3/t7-/m0/s1. The van der Waals surface area contributed by atoms with Gasteiger partial charge in [-0.1, -0.05) is 24.3 Å². The molecule has 4 heteroatoms. The average molecular weight is 180 g/mol. The Morgan fingerprint density at radius 1 is 1.38 bits per heavy atom. The van der Waals surface area contributed by atoms with E-state index < -0.39 is 7.12 Å². The number of rotatable bonds is 3. The number of hydrogen-bond acceptors (Lipinski definition) is 3. The first-order valence-corrected chi connectivity index (χ1v) is 4.14. The van der Waals surface area contributed by atoms with Crippen molar-refractivity contribution in [3.05, 3.63) is 29.8 Å². The number of hydrogen-bond donors (Lipinski definition) is 2. The lowest BCUT2D eigenvalue weighted by molar-refractivity contribution is 0.119. The molecule has 3 nitrogen and oxygen atoms in total. The van der Waals surface area contributed by atoms with Crippen molar-refractivity contribution in [2.45, 2.75) is 13.0 Å². The molecule has 70 valence electrons. The first-order chi connectivity index (χ1) is 6.15. The van der Waals surface area contributed by atoms with Crippen LogP contribution in [0.3, 0.4) is 0 Å². The molecule has 2 N–H and O–H groups in total. The van der Waals surface area contributed by atoms with Crippen molar-refractivity contribution >= 4 is 12.6 Å². The van der Waals surface area contributed by atoms with E-state index in [1.54, 1.807) is 25.3 Å². The van der Waals surface area contributed by atoms with Crippen LogP contribution >= 0.6 is 0 Å². The van der Waals surface area contributed by atoms with E-state index >= 15 is 0 Å². The monoisotopic (exact) mass is 180 g/mol. The second-order valence-electron chi connectivity index (χ2n) is 2.92. The van der Waals surface area contributed by atoms with Crippen LogP contribution < -0.4 is 5.46 Å². The van der Waals surface area contributed by atoms with Gasteiger partial charge in [0.05, 0.1) is 6.10 Å². The maximum Gasteiger partial charge on any atom is 0.488 e. The minimum atomic E-state index is -1.41. The van der Waals surface area contributed by atoms with Gasteiger partial charge in [-0.05, 0) is 17.9 Å². The van der Waals surface area contributed by atoms with Crippen molar-refractivity contribution in [2.75, 3.05) is 7.11 Å². The number of methoxy groups -OCH3 is 1. The second-order valence-corrected chi connectivity index (χ2v) is 2.92. The van der Waals surface area contributed by atoms with Crippen LogP contribution in [0.5, 0.6) is 0 Å². The molecule has 0 aliphatic rings. The number of ether oxygens (including phenoxy) is 1. The largest absolute Gasteiger partial charge is 0.488 e. The molecule has 0 aliphatic carbocycles. The van der Waals surface area contributed by atoms with Crippen molar-refractivity contribution in [1.82, 2.24) is 0 Å². The third-order valence-electron chi connectivity index (χ3n) is 2.03. The van der Waals surface area contributed by atoms with Gasteiger partial charge < -0.3 is 14.8 Å². The normalized spacial score (nSPS) is 12.6. The SMILES string of the molecule is CO[C@@H](C)c1cccc(B(O)O)c1. The van der Waals surface area contributed by atoms with Crippen LogP contribution in [0.2, 0.25) is 0 Å². The van der Waals surface area contributed by atoms with Gasteiger partial charge in [0.15, 0.2) is 0 Å². The topological polar surface area (TPSA) is 49.7 Å². The summed E-state index contributed by atoms with van der Waals surface area (Å²) >= 11 is 0. The molecule has 1 aromatic rings. The minimum Gasteiger partial charge on any atom is -0.423 e. The summed E-state index contributed by atoms with van der Waals surface area (Å²) in [4.78, 5) is 0. The van der Waals surface area contributed by atoms with Crippen LogP contribution in [0.4, 0.5) is 0 Å². The van der Waals surface area contributed by atoms with Crippen LogP contribution in [0, 0.1) is 0 Å². The van der Waals surface area contributed by atoms with Gasteiger partial charge in [-0.3, -0.25) is 0 Å². The van der Waals surface area contributed by atoms with E-state index in [-0.39, 0.29) is 6.10 Å². The van der Waals surface area contributed by atoms with E-state index in [1.165, 1.54) is 0 Å². The van der Waals surface area contributed by atoms with Gasteiger partial charge in [0.2, 0.25) is 0 Å². The zero-order chi connectivity index (χ0) is 9.84. The fourth-order valence-electron chi connectivity index (χ4n) is 1.11. The predicted octanol–water partition coefficient (Wildman–Crippen LogP) is 0.0738. The lowest BCUT2D eigenvalue weighted by Gasteiger charge is -2.10. The van der Waals surface area contributed by atoms with E-state index in [2.05, 4.69) is 0 Å². The van der Waals surface area contributed by atoms with Crippen LogP contribution in [-0.4, -0.2) is 24.3 Å². The van der Waals surface area contributed by atoms with E-state index in [0.717, 1.165) is 5.56 Å². The average Bonchev–Trinajstić information content (AvgIpc) is 2.17. The zero-order valence-electron chi connectivity index (χ0n) is 7.77. The molecule has 0 saturated heterocycles. The first kappa shape index (κ1) is 10.2. The molecule has 0 bridgehead atoms. The fraction of sp³-hybridized carbons (Fsp3) is 0.333. The van der Waals surface area contributed by atoms with Gasteiger partial charge in [0, 0.05) is 7.11 Å². The van der Waals surface area contributed by atoms with Crippen LogP contribution in [0.25, 0.3) is 0 Å². The Hall–Kier alpha value is -0.835. The third-order valence-corrected chi connectivity index (χ3v) is 2.03. The maximum absolute atomic E-state index is 8.92. The van der Waals surface area contributed by atoms with E-state index in [0.29, 0.717) is 5.46 Å². The summed E-state index contributed by atoms with van der Waals surface area (Å²) in [5, 5.41) is 17.8. The molecule has 0 aromatic heterocycles. The van der Waals surface area contributed by atoms with Gasteiger partial charge in [0.25, 0.3) is 0 Å². The predicted molar refractivity (Wildman–Crippen MR) is 51.7 cm³/mol. The Morgan fingerprint density at radius 2 is 2.08 bits per heavy atom. The highest BCUT2D eigenvalue weighted by Gasteiger charge is 2.12. The lowest BCUT2D eigenvalue weighted by Crippen LogP contribution is -2.30. The van der Waals surface area contributed by atoms with Gasteiger partial charge >= 0.3 is 7.12 Å². The van der Waals surface area contributed by atoms with Crippen LogP contribution in [0.1, 0.15) is 18.6 Å². The molecule has 0 heterocycles. The summed E-state index contributed by atoms with van der Waals surface area (Å²) in [6, 6.07) is 7.05. The summed E-state index contributed by atoms with van der Waals surface area (Å²) < 4.78 is 5.11. The third kappa shape index (κ3) is 2.55. The molecule has 0 saturated carbocycles. The molecule has 0 unspecified atom stereocenters. The molecular weight excluding hydrogens is 167 g/mol. The van der Waals surface area contributed by atoms with E-state index in [1.807, 2.05) is 13.0 Å². The molecule has 1 aromatic carbocycles. The van der Waals surface area contributed by atoms with Crippen molar-refractivity contribution in [3.8, 4) is 0 Å². The zero-order valence-corrected chi connectivity index (χ0v) is 7.77. The highest BCUT2D eigenvalue weighted by Crippen LogP contribution is 2.13. The summed E-state index contributed by atoms with van der Waals surface area (Å²) in [5.41, 5.74) is 1.43. The van der Waals surface area contributed by atoms with Crippen molar-refractivity contribution in [1.29, 1.82) is 0 Å². The molecular formula is C9H13BO3. The Balaban J connectivity index is 2.91. The number of benzene rings is 1. The summed E-state index contributed by atoms with van der Waals surface area (Å²) in [6.45, 7) is 1.91. The van der Waals surface area contributed by atoms with Crippen molar-refractivity contribution in [2.24, 2.45) is 0 Å². The van der Waals surface area contributed by atoms with E-state index in [4.69, 9.17) is 14.8 Å². The van der Waals surface area contributed by atoms with Gasteiger partial charge in [0.1, 0.15) is 0 Å². The Morgan fingerprint density at radius 3 is 2.62 bits per heavy atom. The Kier molecular flexibility index (Phi) is 3.48. The molecule has 0 amide bonds. The molecule has 0 fully saturated rings. The quantitative estimate of drug-likeness (QED) is 0.647. The van der Waals surface area contributed by atoms with Crippen LogP contribution in [-0.2, 0) is 4.74 Å². The molecule has 1 rings (SSSR count). The Labute approximate surface area is 78.1 Å². The highest BCUT2D eigenvalue weighted by atomic mass is 16.5. The minimum absolute atomic E-state index is 0.0290. The second kappa shape index (κ2) is 4.41. The molecule has 0 radical (unpaired) electrons. The van der Waals surface area contributed by atoms with Gasteiger partial charge in [-0.15, -0.1) is 0 Å². The summed E-state index contributed by atoms with van der Waals surface area (Å²) in [5.74, 6) is 0. The van der Waals surface area contributed by atoms with Crippen molar-refractivity contribution in [3.63, 3.8) is 0 Å². The molecule has 0 aliphatic heterocycles. The molecule has 13 heavy (non-hydrogen) atoms. The molecule has 1 atom stereocenters. The fourth-order valence-corrected chi connectivity index (χ4v) is 1.11. The lowest BCUT2D eigenvalue weighted by atomic mass is 9.79. The van der Waals surface area contributed by atoms with Crippen molar-refractivity contribution < 1.29 is 14.8 Å². The highest BCUT2D eigenvalue weighted by molar-refractivity contribution is 6.58. The molecule has 0 spiro atoms.